The van der Waals surface area contributed by atoms with Crippen LogP contribution in [0.15, 0.2) is 41.0 Å². The number of nitrogens with zero attached hydrogens (tertiary/aromatic N) is 2. The van der Waals surface area contributed by atoms with Crippen molar-refractivity contribution in [1.82, 2.24) is 9.88 Å². The highest BCUT2D eigenvalue weighted by molar-refractivity contribution is 5.78. The van der Waals surface area contributed by atoms with E-state index in [1.54, 1.807) is 6.26 Å². The molecule has 0 radical (unpaired) electrons. The van der Waals surface area contributed by atoms with E-state index in [0.717, 1.165) is 37.4 Å². The summed E-state index contributed by atoms with van der Waals surface area (Å²) in [6, 6.07) is 9.76. The minimum atomic E-state index is 0.153. The van der Waals surface area contributed by atoms with Crippen molar-refractivity contribution in [3.05, 3.63) is 42.3 Å². The number of likely N-dealkylation sites (tertiary alicyclic amines) is 1. The molecule has 4 heteroatoms. The Kier molecular flexibility index (Phi) is 4.79. The van der Waals surface area contributed by atoms with Gasteiger partial charge in [-0.2, -0.15) is 0 Å². The molecule has 4 nitrogen and oxygen atoms in total. The Labute approximate surface area is 137 Å². The summed E-state index contributed by atoms with van der Waals surface area (Å²) in [5.41, 5.74) is 1.64. The molecule has 1 aliphatic heterocycles. The van der Waals surface area contributed by atoms with Crippen LogP contribution in [0.25, 0.3) is 11.5 Å². The monoisotopic (exact) mass is 312 g/mol. The smallest absolute Gasteiger partial charge is 0.228 e. The van der Waals surface area contributed by atoms with E-state index in [4.69, 9.17) is 4.42 Å². The van der Waals surface area contributed by atoms with Gasteiger partial charge < -0.3 is 9.32 Å². The zero-order chi connectivity index (χ0) is 16.2. The number of piperidine rings is 1. The second kappa shape index (κ2) is 6.99. The highest BCUT2D eigenvalue weighted by Crippen LogP contribution is 2.25. The average Bonchev–Trinajstić information content (AvgIpc) is 3.04. The predicted molar refractivity (Wildman–Crippen MR) is 89.8 cm³/mol. The van der Waals surface area contributed by atoms with Crippen LogP contribution in [0.4, 0.5) is 0 Å². The normalized spacial score (nSPS) is 16.0. The Morgan fingerprint density at radius 3 is 2.61 bits per heavy atom. The van der Waals surface area contributed by atoms with Gasteiger partial charge in [0.25, 0.3) is 0 Å². The maximum absolute atomic E-state index is 12.4. The molecule has 1 saturated heterocycles. The quantitative estimate of drug-likeness (QED) is 0.863. The molecule has 2 heterocycles. The van der Waals surface area contributed by atoms with Gasteiger partial charge in [0.15, 0.2) is 0 Å². The van der Waals surface area contributed by atoms with E-state index >= 15 is 0 Å². The van der Waals surface area contributed by atoms with Crippen molar-refractivity contribution >= 4 is 5.91 Å². The Morgan fingerprint density at radius 1 is 1.26 bits per heavy atom. The zero-order valence-electron chi connectivity index (χ0n) is 13.9. The molecule has 0 saturated carbocycles. The molecule has 0 bridgehead atoms. The van der Waals surface area contributed by atoms with Gasteiger partial charge in [0.05, 0.1) is 12.1 Å². The molecule has 0 aliphatic carbocycles. The summed E-state index contributed by atoms with van der Waals surface area (Å²) in [5.74, 6) is 2.18. The van der Waals surface area contributed by atoms with E-state index in [-0.39, 0.29) is 5.91 Å². The van der Waals surface area contributed by atoms with Gasteiger partial charge in [-0.15, -0.1) is 0 Å². The number of hydrogen-bond donors (Lipinski definition) is 0. The lowest BCUT2D eigenvalue weighted by Gasteiger charge is -2.33. The molecular weight excluding hydrogens is 288 g/mol. The lowest BCUT2D eigenvalue weighted by Crippen LogP contribution is -2.40. The number of benzene rings is 1. The lowest BCUT2D eigenvalue weighted by atomic mass is 9.86. The Hall–Kier alpha value is -2.10. The minimum absolute atomic E-state index is 0.153. The van der Waals surface area contributed by atoms with Gasteiger partial charge in [-0.3, -0.25) is 4.79 Å². The Morgan fingerprint density at radius 2 is 1.96 bits per heavy atom. The van der Waals surface area contributed by atoms with Crippen LogP contribution in [0.5, 0.6) is 0 Å². The fourth-order valence-corrected chi connectivity index (χ4v) is 3.18. The number of hydrogen-bond acceptors (Lipinski definition) is 3. The maximum atomic E-state index is 12.4. The van der Waals surface area contributed by atoms with Gasteiger partial charge in [-0.05, 0) is 36.8 Å². The Balaban J connectivity index is 1.58. The van der Waals surface area contributed by atoms with Crippen molar-refractivity contribution in [2.75, 3.05) is 13.1 Å². The molecule has 0 spiro atoms. The van der Waals surface area contributed by atoms with Crippen molar-refractivity contribution in [3.8, 4) is 11.5 Å². The number of amides is 1. The number of carbonyl (C=O) groups is 1. The molecule has 1 aliphatic rings. The fourth-order valence-electron chi connectivity index (χ4n) is 3.18. The first-order valence-corrected chi connectivity index (χ1v) is 8.41. The largest absolute Gasteiger partial charge is 0.444 e. The number of oxazole rings is 1. The van der Waals surface area contributed by atoms with Crippen LogP contribution in [0.1, 0.15) is 32.4 Å². The summed E-state index contributed by atoms with van der Waals surface area (Å²) in [6.45, 7) is 6.27. The third-order valence-corrected chi connectivity index (χ3v) is 4.74. The van der Waals surface area contributed by atoms with E-state index in [1.807, 2.05) is 35.2 Å². The molecule has 1 aromatic heterocycles. The first-order chi connectivity index (χ1) is 11.1. The Bertz CT molecular complexity index is 640. The van der Waals surface area contributed by atoms with Crippen LogP contribution in [0.2, 0.25) is 0 Å². The van der Waals surface area contributed by atoms with E-state index < -0.39 is 0 Å². The van der Waals surface area contributed by atoms with Gasteiger partial charge in [0, 0.05) is 18.7 Å². The molecule has 122 valence electrons. The zero-order valence-corrected chi connectivity index (χ0v) is 13.9. The highest BCUT2D eigenvalue weighted by atomic mass is 16.3. The molecular formula is C19H24N2O2. The summed E-state index contributed by atoms with van der Waals surface area (Å²) in [6.07, 6.45) is 4.14. The van der Waals surface area contributed by atoms with Gasteiger partial charge in [0.1, 0.15) is 6.26 Å². The van der Waals surface area contributed by atoms with Crippen LogP contribution < -0.4 is 0 Å². The summed E-state index contributed by atoms with van der Waals surface area (Å²) in [5, 5.41) is 0. The predicted octanol–water partition coefficient (Wildman–Crippen LogP) is 3.78. The van der Waals surface area contributed by atoms with Crippen LogP contribution in [0.3, 0.4) is 0 Å². The SMILES string of the molecule is CC(C)C1CCN(C(=O)Cc2coc(-c3ccccc3)n2)CC1. The van der Waals surface area contributed by atoms with Crippen LogP contribution in [0, 0.1) is 11.8 Å². The standard InChI is InChI=1S/C19H24N2O2/c1-14(2)15-8-10-21(11-9-15)18(22)12-17-13-23-19(20-17)16-6-4-3-5-7-16/h3-7,13-15H,8-12H2,1-2H3. The molecule has 23 heavy (non-hydrogen) atoms. The molecule has 0 N–H and O–H groups in total. The number of carbonyl (C=O) groups excluding carboxylic acids is 1. The summed E-state index contributed by atoms with van der Waals surface area (Å²) in [7, 11) is 0. The fraction of sp³-hybridized carbons (Fsp3) is 0.474. The average molecular weight is 312 g/mol. The summed E-state index contributed by atoms with van der Waals surface area (Å²) < 4.78 is 5.51. The number of rotatable bonds is 4. The van der Waals surface area contributed by atoms with Crippen molar-refractivity contribution in [2.45, 2.75) is 33.1 Å². The van der Waals surface area contributed by atoms with Gasteiger partial charge in [0.2, 0.25) is 11.8 Å². The molecule has 1 fully saturated rings. The van der Waals surface area contributed by atoms with Gasteiger partial charge in [-0.1, -0.05) is 32.0 Å². The van der Waals surface area contributed by atoms with Gasteiger partial charge in [-0.25, -0.2) is 4.98 Å². The van der Waals surface area contributed by atoms with E-state index in [9.17, 15) is 4.79 Å². The second-order valence-electron chi connectivity index (χ2n) is 6.65. The van der Waals surface area contributed by atoms with E-state index in [0.29, 0.717) is 23.9 Å². The molecule has 3 rings (SSSR count). The minimum Gasteiger partial charge on any atom is -0.444 e. The first-order valence-electron chi connectivity index (χ1n) is 8.41. The molecule has 2 aromatic rings. The van der Waals surface area contributed by atoms with Crippen LogP contribution in [-0.4, -0.2) is 28.9 Å². The van der Waals surface area contributed by atoms with Crippen molar-refractivity contribution < 1.29 is 9.21 Å². The second-order valence-corrected chi connectivity index (χ2v) is 6.65. The molecule has 0 unspecified atom stereocenters. The molecule has 0 atom stereocenters. The van der Waals surface area contributed by atoms with E-state index in [2.05, 4.69) is 18.8 Å². The van der Waals surface area contributed by atoms with Gasteiger partial charge >= 0.3 is 0 Å². The molecule has 1 aromatic carbocycles. The third-order valence-electron chi connectivity index (χ3n) is 4.74. The van der Waals surface area contributed by atoms with Crippen LogP contribution in [-0.2, 0) is 11.2 Å². The van der Waals surface area contributed by atoms with Crippen molar-refractivity contribution in [1.29, 1.82) is 0 Å². The van der Waals surface area contributed by atoms with Crippen molar-refractivity contribution in [3.63, 3.8) is 0 Å². The highest BCUT2D eigenvalue weighted by Gasteiger charge is 2.25. The summed E-state index contributed by atoms with van der Waals surface area (Å²) >= 11 is 0. The number of aromatic nitrogens is 1. The topological polar surface area (TPSA) is 46.3 Å². The summed E-state index contributed by atoms with van der Waals surface area (Å²) in [4.78, 5) is 18.8. The third kappa shape index (κ3) is 3.81. The van der Waals surface area contributed by atoms with Crippen LogP contribution >= 0.6 is 0 Å². The molecule has 1 amide bonds. The first kappa shape index (κ1) is 15.8. The van der Waals surface area contributed by atoms with E-state index in [1.165, 1.54) is 0 Å². The van der Waals surface area contributed by atoms with Crippen molar-refractivity contribution in [2.24, 2.45) is 11.8 Å². The maximum Gasteiger partial charge on any atom is 0.228 e. The lowest BCUT2D eigenvalue weighted by molar-refractivity contribution is -0.132.